The van der Waals surface area contributed by atoms with Crippen LogP contribution >= 0.6 is 0 Å². The van der Waals surface area contributed by atoms with Crippen molar-refractivity contribution in [1.82, 2.24) is 0 Å². The Morgan fingerprint density at radius 2 is 0.889 bits per heavy atom. The minimum atomic E-state index is -1.34. The Morgan fingerprint density at radius 3 is 1.36 bits per heavy atom. The zero-order valence-corrected chi connectivity index (χ0v) is 48.7. The normalized spacial score (nSPS) is 23.1. The third-order valence-electron chi connectivity index (χ3n) is 14.7. The predicted octanol–water partition coefficient (Wildman–Crippen LogP) is 13.4. The molecule has 11 atom stereocenters. The van der Waals surface area contributed by atoms with Gasteiger partial charge in [-0.05, 0) is 35.1 Å². The molecule has 0 saturated carbocycles. The first kappa shape index (κ1) is 64.9. The maximum Gasteiger partial charge on any atom is 0.303 e. The zero-order valence-electron chi connectivity index (χ0n) is 48.7. The smallest absolute Gasteiger partial charge is 0.303 e. The Hall–Kier alpha value is -5.29. The summed E-state index contributed by atoms with van der Waals surface area (Å²) in [7, 11) is 0. The first-order valence-corrected chi connectivity index (χ1v) is 29.9. The number of hydrogen-bond acceptors (Lipinski definition) is 14. The highest BCUT2D eigenvalue weighted by Gasteiger charge is 2.56. The van der Waals surface area contributed by atoms with Crippen LogP contribution < -0.4 is 0 Å². The number of unbranched alkanes of at least 4 members (excludes halogenated alkanes) is 14. The zero-order chi connectivity index (χ0) is 57.3. The van der Waals surface area contributed by atoms with E-state index in [2.05, 4.69) is 13.5 Å². The molecule has 1 unspecified atom stereocenters. The molecule has 0 aromatic heterocycles. The summed E-state index contributed by atoms with van der Waals surface area (Å²) in [5.41, 5.74) is 3.56. The molecule has 14 nitrogen and oxygen atoms in total. The first-order valence-electron chi connectivity index (χ1n) is 29.9. The first-order chi connectivity index (χ1) is 39.6. The summed E-state index contributed by atoms with van der Waals surface area (Å²) in [6.07, 6.45) is 10.1. The molecule has 4 aromatic carbocycles. The summed E-state index contributed by atoms with van der Waals surface area (Å²) in [6, 6.07) is 38.8. The van der Waals surface area contributed by atoms with Crippen LogP contribution in [0.2, 0.25) is 0 Å². The lowest BCUT2D eigenvalue weighted by atomic mass is 9.95. The van der Waals surface area contributed by atoms with Gasteiger partial charge in [-0.15, -0.1) is 6.58 Å². The van der Waals surface area contributed by atoms with Gasteiger partial charge in [-0.25, -0.2) is 0 Å². The molecular weight excluding hydrogens is 1030 g/mol. The Bertz CT molecular complexity index is 2320. The fourth-order valence-electron chi connectivity index (χ4n) is 10.5. The van der Waals surface area contributed by atoms with Gasteiger partial charge in [-0.3, -0.25) is 14.4 Å². The highest BCUT2D eigenvalue weighted by atomic mass is 16.8. The predicted molar refractivity (Wildman–Crippen MR) is 310 cm³/mol. The van der Waals surface area contributed by atoms with Crippen molar-refractivity contribution in [2.24, 2.45) is 0 Å². The average Bonchev–Trinajstić information content (AvgIpc) is 3.57. The summed E-state index contributed by atoms with van der Waals surface area (Å²) in [6.45, 7) is 10.5. The van der Waals surface area contributed by atoms with Gasteiger partial charge >= 0.3 is 17.9 Å². The van der Waals surface area contributed by atoms with E-state index in [4.69, 9.17) is 52.1 Å². The highest BCUT2D eigenvalue weighted by molar-refractivity contribution is 5.67. The fourth-order valence-corrected chi connectivity index (χ4v) is 10.5. The van der Waals surface area contributed by atoms with Crippen LogP contribution in [0, 0.1) is 0 Å². The molecule has 0 radical (unpaired) electrons. The molecule has 2 fully saturated rings. The molecule has 0 spiro atoms. The van der Waals surface area contributed by atoms with Crippen LogP contribution in [0.25, 0.3) is 0 Å². The van der Waals surface area contributed by atoms with E-state index in [1.165, 1.54) is 97.8 Å². The van der Waals surface area contributed by atoms with Gasteiger partial charge in [-0.2, -0.15) is 0 Å². The SMILES string of the molecule is C=CCC(CCCCCCCCCCCCCCCCC)O[C@@H]1O[C@H](COCc2ccccc2)[C@H](O[C@H]2O[C@H](COC(C)=O)[C@@H](OCc3ccccc3)[C@H](OCc3ccccc3)[C@H]2OCc2ccccc2)[C@H](OC(C)=O)[C@H]1OC(C)=O. The van der Waals surface area contributed by atoms with Gasteiger partial charge in [0, 0.05) is 20.8 Å². The van der Waals surface area contributed by atoms with Crippen LogP contribution in [-0.2, 0) is 92.9 Å². The van der Waals surface area contributed by atoms with Crippen LogP contribution in [0.1, 0.15) is 159 Å². The number of ether oxygens (including phenoxy) is 11. The molecule has 0 N–H and O–H groups in total. The van der Waals surface area contributed by atoms with Gasteiger partial charge in [0.25, 0.3) is 0 Å². The van der Waals surface area contributed by atoms with E-state index >= 15 is 0 Å². The molecule has 2 saturated heterocycles. The van der Waals surface area contributed by atoms with Crippen LogP contribution in [-0.4, -0.2) is 98.6 Å². The van der Waals surface area contributed by atoms with E-state index in [-0.39, 0.29) is 45.7 Å². The van der Waals surface area contributed by atoms with Crippen molar-refractivity contribution in [3.63, 3.8) is 0 Å². The van der Waals surface area contributed by atoms with Crippen LogP contribution in [0.3, 0.4) is 0 Å². The lowest BCUT2D eigenvalue weighted by molar-refractivity contribution is -0.373. The second-order valence-corrected chi connectivity index (χ2v) is 21.4. The second-order valence-electron chi connectivity index (χ2n) is 21.4. The van der Waals surface area contributed by atoms with Crippen molar-refractivity contribution in [2.75, 3.05) is 13.2 Å². The van der Waals surface area contributed by atoms with Gasteiger partial charge in [0.1, 0.15) is 43.2 Å². The van der Waals surface area contributed by atoms with Crippen molar-refractivity contribution >= 4 is 17.9 Å². The molecule has 2 aliphatic heterocycles. The number of carbonyl (C=O) groups is 3. The van der Waals surface area contributed by atoms with Crippen LogP contribution in [0.15, 0.2) is 134 Å². The quantitative estimate of drug-likeness (QED) is 0.0180. The Kier molecular flexibility index (Phi) is 30.2. The van der Waals surface area contributed by atoms with Crippen molar-refractivity contribution in [1.29, 1.82) is 0 Å². The molecule has 14 heteroatoms. The number of benzene rings is 4. The molecular formula is C67H92O14. The van der Waals surface area contributed by atoms with E-state index in [0.717, 1.165) is 41.5 Å². The van der Waals surface area contributed by atoms with E-state index in [0.29, 0.717) is 12.8 Å². The molecule has 2 heterocycles. The number of esters is 3. The van der Waals surface area contributed by atoms with Crippen molar-refractivity contribution < 1.29 is 66.5 Å². The standard InChI is InChI=1S/C67H92O14/c1-6-8-9-10-11-12-13-14-15-16-17-18-19-20-33-43-57(34-7-2)78-67-65(77-52(5)70)63(76-51(4)69)61(58(79-67)48-71-44-53-35-25-21-26-36-53)81-66-64(75-47-56-41-31-24-32-42-56)62(74-46-55-39-29-23-30-40-55)60(59(80-66)49-72-50(3)68)73-45-54-37-27-22-28-38-54/h7,21-32,35-42,57-67H,2,6,8-20,33-34,43-49H2,1,3-5H3/t57?,58-,59-,60-,61+,62+,63+,64-,65-,66-,67-/m1/s1. The third kappa shape index (κ3) is 23.8. The van der Waals surface area contributed by atoms with Gasteiger partial charge in [-0.1, -0.05) is 231 Å². The van der Waals surface area contributed by atoms with Crippen molar-refractivity contribution in [3.8, 4) is 0 Å². The molecule has 6 rings (SSSR count). The number of hydrogen-bond donors (Lipinski definition) is 0. The molecule has 81 heavy (non-hydrogen) atoms. The summed E-state index contributed by atoms with van der Waals surface area (Å²) in [5.74, 6) is -1.84. The van der Waals surface area contributed by atoms with E-state index < -0.39 is 79.3 Å². The summed E-state index contributed by atoms with van der Waals surface area (Å²) in [5, 5.41) is 0. The topological polar surface area (TPSA) is 153 Å². The van der Waals surface area contributed by atoms with Crippen LogP contribution in [0.5, 0.6) is 0 Å². The van der Waals surface area contributed by atoms with Crippen molar-refractivity contribution in [2.45, 2.75) is 231 Å². The number of rotatable bonds is 39. The van der Waals surface area contributed by atoms with E-state index in [1.807, 2.05) is 127 Å². The van der Waals surface area contributed by atoms with E-state index in [9.17, 15) is 14.4 Å². The van der Waals surface area contributed by atoms with E-state index in [1.54, 1.807) is 0 Å². The third-order valence-corrected chi connectivity index (χ3v) is 14.7. The molecule has 0 amide bonds. The second kappa shape index (κ2) is 37.7. The van der Waals surface area contributed by atoms with Gasteiger partial charge in [0.15, 0.2) is 24.8 Å². The Labute approximate surface area is 482 Å². The number of carbonyl (C=O) groups excluding carboxylic acids is 3. The molecule has 0 bridgehead atoms. The Balaban J connectivity index is 1.28. The fraction of sp³-hybridized carbons (Fsp3) is 0.567. The van der Waals surface area contributed by atoms with Gasteiger partial charge in [0.05, 0.1) is 39.1 Å². The average molecular weight is 1120 g/mol. The minimum Gasteiger partial charge on any atom is -0.463 e. The van der Waals surface area contributed by atoms with Gasteiger partial charge in [0.2, 0.25) is 0 Å². The Morgan fingerprint density at radius 1 is 0.469 bits per heavy atom. The van der Waals surface area contributed by atoms with Crippen LogP contribution in [0.4, 0.5) is 0 Å². The monoisotopic (exact) mass is 1120 g/mol. The molecule has 4 aromatic rings. The molecule has 2 aliphatic rings. The molecule has 444 valence electrons. The van der Waals surface area contributed by atoms with Gasteiger partial charge < -0.3 is 52.1 Å². The maximum atomic E-state index is 13.4. The lowest BCUT2D eigenvalue weighted by Gasteiger charge is -2.50. The summed E-state index contributed by atoms with van der Waals surface area (Å²) in [4.78, 5) is 39.3. The summed E-state index contributed by atoms with van der Waals surface area (Å²) >= 11 is 0. The minimum absolute atomic E-state index is 0.0783. The largest absolute Gasteiger partial charge is 0.463 e. The maximum absolute atomic E-state index is 13.4. The lowest BCUT2D eigenvalue weighted by Crippen LogP contribution is -2.67. The highest BCUT2D eigenvalue weighted by Crippen LogP contribution is 2.37. The molecule has 0 aliphatic carbocycles. The summed E-state index contributed by atoms with van der Waals surface area (Å²) < 4.78 is 72.9. The van der Waals surface area contributed by atoms with Crippen molar-refractivity contribution in [3.05, 3.63) is 156 Å².